The smallest absolute Gasteiger partial charge is 0.229 e. The van der Waals surface area contributed by atoms with Crippen LogP contribution in [0.1, 0.15) is 32.1 Å². The van der Waals surface area contributed by atoms with Gasteiger partial charge in [-0.15, -0.1) is 0 Å². The van der Waals surface area contributed by atoms with Gasteiger partial charge in [-0.2, -0.15) is 0 Å². The Kier molecular flexibility index (Phi) is 4.15. The van der Waals surface area contributed by atoms with Crippen LogP contribution in [0, 0.1) is 5.92 Å². The number of nitrogens with one attached hydrogen (secondary N) is 1. The molecule has 0 radical (unpaired) electrons. The molecule has 1 aromatic heterocycles. The monoisotopic (exact) mass is 322 g/mol. The van der Waals surface area contributed by atoms with Gasteiger partial charge in [-0.1, -0.05) is 24.3 Å². The van der Waals surface area contributed by atoms with Crippen LogP contribution < -0.4 is 10.2 Å². The van der Waals surface area contributed by atoms with E-state index in [4.69, 9.17) is 9.97 Å². The Morgan fingerprint density at radius 2 is 1.83 bits per heavy atom. The topological polar surface area (TPSA) is 58.1 Å². The number of aromatic nitrogens is 2. The Balaban J connectivity index is 1.67. The standard InChI is InChI=1S/C19H22N4O/c24-19(14-8-2-1-3-9-14)22-17-18(23-12-6-7-13-23)21-16-11-5-4-10-15(16)20-17/h1-2,4-5,10-11,14H,3,6-9,12-13H2,(H,20,22,24)/t14-/m0/s1. The molecule has 0 spiro atoms. The van der Waals surface area contributed by atoms with E-state index in [1.807, 2.05) is 24.3 Å². The van der Waals surface area contributed by atoms with Gasteiger partial charge < -0.3 is 10.2 Å². The lowest BCUT2D eigenvalue weighted by molar-refractivity contribution is -0.120. The van der Waals surface area contributed by atoms with Crippen molar-refractivity contribution in [1.82, 2.24) is 9.97 Å². The highest BCUT2D eigenvalue weighted by Crippen LogP contribution is 2.29. The van der Waals surface area contributed by atoms with Crippen molar-refractivity contribution in [3.05, 3.63) is 36.4 Å². The van der Waals surface area contributed by atoms with Crippen molar-refractivity contribution >= 4 is 28.6 Å². The Labute approximate surface area is 141 Å². The second-order valence-corrected chi connectivity index (χ2v) is 6.55. The van der Waals surface area contributed by atoms with Crippen LogP contribution in [0.15, 0.2) is 36.4 Å². The Morgan fingerprint density at radius 1 is 1.08 bits per heavy atom. The first-order valence-corrected chi connectivity index (χ1v) is 8.79. The summed E-state index contributed by atoms with van der Waals surface area (Å²) in [7, 11) is 0. The van der Waals surface area contributed by atoms with E-state index in [9.17, 15) is 4.79 Å². The molecule has 5 heteroatoms. The second kappa shape index (κ2) is 6.59. The van der Waals surface area contributed by atoms with Gasteiger partial charge in [0.1, 0.15) is 0 Å². The normalized spacial score (nSPS) is 20.5. The van der Waals surface area contributed by atoms with Gasteiger partial charge in [-0.3, -0.25) is 4.79 Å². The third-order valence-electron chi connectivity index (χ3n) is 4.84. The molecule has 5 nitrogen and oxygen atoms in total. The number of fused-ring (bicyclic) bond motifs is 1. The summed E-state index contributed by atoms with van der Waals surface area (Å²) in [5, 5.41) is 3.06. The summed E-state index contributed by atoms with van der Waals surface area (Å²) < 4.78 is 0. The van der Waals surface area contributed by atoms with Crippen molar-refractivity contribution in [2.24, 2.45) is 5.92 Å². The van der Waals surface area contributed by atoms with Gasteiger partial charge in [0.25, 0.3) is 0 Å². The minimum absolute atomic E-state index is 0.0368. The molecule has 1 aromatic carbocycles. The predicted molar refractivity (Wildman–Crippen MR) is 96.1 cm³/mol. The zero-order chi connectivity index (χ0) is 16.4. The Bertz CT molecular complexity index is 780. The molecule has 0 saturated carbocycles. The van der Waals surface area contributed by atoms with Gasteiger partial charge >= 0.3 is 0 Å². The SMILES string of the molecule is O=C(Nc1nc2ccccc2nc1N1CCCC1)[C@H]1CC=CCC1. The van der Waals surface area contributed by atoms with Crippen molar-refractivity contribution < 1.29 is 4.79 Å². The first-order chi connectivity index (χ1) is 11.8. The molecule has 1 aliphatic heterocycles. The van der Waals surface area contributed by atoms with Crippen LogP contribution in [0.25, 0.3) is 11.0 Å². The summed E-state index contributed by atoms with van der Waals surface area (Å²) in [5.41, 5.74) is 1.69. The van der Waals surface area contributed by atoms with E-state index in [-0.39, 0.29) is 11.8 Å². The maximum Gasteiger partial charge on any atom is 0.229 e. The van der Waals surface area contributed by atoms with Crippen LogP contribution in [0.2, 0.25) is 0 Å². The molecule has 124 valence electrons. The number of hydrogen-bond acceptors (Lipinski definition) is 4. The van der Waals surface area contributed by atoms with Crippen LogP contribution >= 0.6 is 0 Å². The van der Waals surface area contributed by atoms with Crippen LogP contribution in [-0.2, 0) is 4.79 Å². The molecule has 2 aromatic rings. The van der Waals surface area contributed by atoms with Gasteiger partial charge in [0, 0.05) is 19.0 Å². The number of anilines is 2. The molecule has 1 amide bonds. The number of benzene rings is 1. The quantitative estimate of drug-likeness (QED) is 0.878. The fraction of sp³-hybridized carbons (Fsp3) is 0.421. The molecule has 0 unspecified atom stereocenters. The largest absolute Gasteiger partial charge is 0.354 e. The zero-order valence-corrected chi connectivity index (χ0v) is 13.7. The van der Waals surface area contributed by atoms with Crippen molar-refractivity contribution in [3.8, 4) is 0 Å². The second-order valence-electron chi connectivity index (χ2n) is 6.55. The van der Waals surface area contributed by atoms with Crippen molar-refractivity contribution in [3.63, 3.8) is 0 Å². The molecule has 1 fully saturated rings. The lowest BCUT2D eigenvalue weighted by Gasteiger charge is -2.22. The molecular formula is C19H22N4O. The number of para-hydroxylation sites is 2. The first kappa shape index (κ1) is 15.1. The number of nitrogens with zero attached hydrogens (tertiary/aromatic N) is 3. The van der Waals surface area contributed by atoms with E-state index in [1.54, 1.807) is 0 Å². The number of carbonyl (C=O) groups is 1. The van der Waals surface area contributed by atoms with Crippen molar-refractivity contribution in [2.75, 3.05) is 23.3 Å². The fourth-order valence-corrected chi connectivity index (χ4v) is 3.47. The number of hydrogen-bond donors (Lipinski definition) is 1. The zero-order valence-electron chi connectivity index (χ0n) is 13.7. The molecule has 2 aliphatic rings. The first-order valence-electron chi connectivity index (χ1n) is 8.79. The minimum atomic E-state index is 0.0368. The van der Waals surface area contributed by atoms with Crippen LogP contribution in [0.4, 0.5) is 11.6 Å². The van der Waals surface area contributed by atoms with Gasteiger partial charge in [0.2, 0.25) is 5.91 Å². The molecule has 1 atom stereocenters. The molecule has 24 heavy (non-hydrogen) atoms. The Hall–Kier alpha value is -2.43. The third kappa shape index (κ3) is 2.98. The molecular weight excluding hydrogens is 300 g/mol. The van der Waals surface area contributed by atoms with Gasteiger partial charge in [0.05, 0.1) is 11.0 Å². The van der Waals surface area contributed by atoms with Crippen molar-refractivity contribution in [2.45, 2.75) is 32.1 Å². The summed E-state index contributed by atoms with van der Waals surface area (Å²) >= 11 is 0. The summed E-state index contributed by atoms with van der Waals surface area (Å²) in [6.45, 7) is 1.95. The van der Waals surface area contributed by atoms with E-state index in [0.29, 0.717) is 5.82 Å². The maximum absolute atomic E-state index is 12.6. The molecule has 1 saturated heterocycles. The third-order valence-corrected chi connectivity index (χ3v) is 4.84. The van der Waals surface area contributed by atoms with E-state index < -0.39 is 0 Å². The minimum Gasteiger partial charge on any atom is -0.354 e. The highest BCUT2D eigenvalue weighted by atomic mass is 16.2. The number of rotatable bonds is 3. The fourth-order valence-electron chi connectivity index (χ4n) is 3.47. The number of carbonyl (C=O) groups excluding carboxylic acids is 1. The molecule has 4 rings (SSSR count). The van der Waals surface area contributed by atoms with Crippen LogP contribution in [0.5, 0.6) is 0 Å². The van der Waals surface area contributed by atoms with E-state index in [2.05, 4.69) is 22.4 Å². The average molecular weight is 322 g/mol. The van der Waals surface area contributed by atoms with Gasteiger partial charge in [-0.25, -0.2) is 9.97 Å². The predicted octanol–water partition coefficient (Wildman–Crippen LogP) is 3.52. The summed E-state index contributed by atoms with van der Waals surface area (Å²) in [6.07, 6.45) is 9.26. The summed E-state index contributed by atoms with van der Waals surface area (Å²) in [4.78, 5) is 24.4. The molecule has 2 heterocycles. The lowest BCUT2D eigenvalue weighted by atomic mass is 9.94. The van der Waals surface area contributed by atoms with Gasteiger partial charge in [-0.05, 0) is 44.2 Å². The maximum atomic E-state index is 12.6. The summed E-state index contributed by atoms with van der Waals surface area (Å²) in [6, 6.07) is 7.83. The van der Waals surface area contributed by atoms with E-state index in [0.717, 1.165) is 62.0 Å². The number of allylic oxidation sites excluding steroid dienone is 2. The van der Waals surface area contributed by atoms with Crippen LogP contribution in [0.3, 0.4) is 0 Å². The highest BCUT2D eigenvalue weighted by Gasteiger charge is 2.24. The molecule has 0 bridgehead atoms. The number of amides is 1. The molecule has 1 N–H and O–H groups in total. The van der Waals surface area contributed by atoms with Gasteiger partial charge in [0.15, 0.2) is 11.6 Å². The Morgan fingerprint density at radius 3 is 2.54 bits per heavy atom. The highest BCUT2D eigenvalue weighted by molar-refractivity contribution is 5.95. The van der Waals surface area contributed by atoms with Crippen molar-refractivity contribution in [1.29, 1.82) is 0 Å². The average Bonchev–Trinajstić information content (AvgIpc) is 3.16. The van der Waals surface area contributed by atoms with Crippen LogP contribution in [-0.4, -0.2) is 29.0 Å². The molecule has 1 aliphatic carbocycles. The summed E-state index contributed by atoms with van der Waals surface area (Å²) in [5.74, 6) is 1.51. The lowest BCUT2D eigenvalue weighted by Crippen LogP contribution is -2.27. The van der Waals surface area contributed by atoms with E-state index in [1.165, 1.54) is 0 Å². The van der Waals surface area contributed by atoms with E-state index >= 15 is 0 Å².